The first-order valence-corrected chi connectivity index (χ1v) is 6.83. The number of nitrogens with zero attached hydrogens (tertiary/aromatic N) is 1. The Balaban J connectivity index is 1.90. The third-order valence-corrected chi connectivity index (χ3v) is 4.63. The lowest BCUT2D eigenvalue weighted by Crippen LogP contribution is -2.25. The Hall–Kier alpha value is -0.410. The summed E-state index contributed by atoms with van der Waals surface area (Å²) in [6, 6.07) is 0.232. The van der Waals surface area contributed by atoms with Gasteiger partial charge in [0.05, 0.1) is 5.51 Å². The lowest BCUT2D eigenvalue weighted by Gasteiger charge is -2.31. The Morgan fingerprint density at radius 1 is 1.47 bits per heavy atom. The van der Waals surface area contributed by atoms with Crippen molar-refractivity contribution < 1.29 is 0 Å². The van der Waals surface area contributed by atoms with Crippen LogP contribution in [0.5, 0.6) is 0 Å². The molecule has 84 valence electrons. The smallest absolute Gasteiger partial charge is 0.0794 e. The number of aromatic nitrogens is 1. The molecule has 0 aliphatic heterocycles. The highest BCUT2D eigenvalue weighted by Crippen LogP contribution is 2.37. The van der Waals surface area contributed by atoms with Crippen LogP contribution in [0.2, 0.25) is 0 Å². The molecule has 0 aromatic carbocycles. The molecule has 0 bridgehead atoms. The van der Waals surface area contributed by atoms with E-state index in [1.165, 1.54) is 37.0 Å². The summed E-state index contributed by atoms with van der Waals surface area (Å²) in [7, 11) is 0. The molecule has 3 heteroatoms. The van der Waals surface area contributed by atoms with E-state index < -0.39 is 0 Å². The Morgan fingerprint density at radius 2 is 2.20 bits per heavy atom. The van der Waals surface area contributed by atoms with Crippen LogP contribution in [-0.2, 0) is 0 Å². The molecular formula is C12H20N2S. The second-order valence-corrected chi connectivity index (χ2v) is 5.54. The second kappa shape index (κ2) is 5.08. The molecule has 0 spiro atoms. The molecule has 1 saturated carbocycles. The summed E-state index contributed by atoms with van der Waals surface area (Å²) < 4.78 is 0. The SMILES string of the molecule is CCC1CCC(C(N)c2cncs2)CC1. The Labute approximate surface area is 95.9 Å². The van der Waals surface area contributed by atoms with E-state index >= 15 is 0 Å². The zero-order valence-corrected chi connectivity index (χ0v) is 10.2. The number of thiazole rings is 1. The van der Waals surface area contributed by atoms with Crippen LogP contribution >= 0.6 is 11.3 Å². The Bertz CT molecular complexity index is 276. The molecule has 1 aromatic rings. The maximum atomic E-state index is 6.27. The summed E-state index contributed by atoms with van der Waals surface area (Å²) in [5.41, 5.74) is 8.15. The van der Waals surface area contributed by atoms with Gasteiger partial charge in [-0.1, -0.05) is 26.2 Å². The first-order chi connectivity index (χ1) is 7.31. The molecule has 1 aliphatic rings. The molecule has 0 amide bonds. The lowest BCUT2D eigenvalue weighted by atomic mass is 9.77. The minimum atomic E-state index is 0.232. The first kappa shape index (κ1) is 11.1. The van der Waals surface area contributed by atoms with Gasteiger partial charge in [0.25, 0.3) is 0 Å². The molecular weight excluding hydrogens is 204 g/mol. The van der Waals surface area contributed by atoms with Gasteiger partial charge < -0.3 is 5.73 Å². The minimum absolute atomic E-state index is 0.232. The van der Waals surface area contributed by atoms with Crippen LogP contribution in [0.3, 0.4) is 0 Å². The summed E-state index contributed by atoms with van der Waals surface area (Å²) in [4.78, 5) is 5.37. The molecule has 2 nitrogen and oxygen atoms in total. The van der Waals surface area contributed by atoms with Gasteiger partial charge in [-0.3, -0.25) is 4.98 Å². The fraction of sp³-hybridized carbons (Fsp3) is 0.750. The summed E-state index contributed by atoms with van der Waals surface area (Å²) in [6.07, 6.45) is 8.61. The molecule has 1 atom stereocenters. The largest absolute Gasteiger partial charge is 0.323 e. The molecule has 1 fully saturated rings. The highest BCUT2D eigenvalue weighted by molar-refractivity contribution is 7.09. The average molecular weight is 224 g/mol. The fourth-order valence-corrected chi connectivity index (χ4v) is 3.29. The minimum Gasteiger partial charge on any atom is -0.323 e. The van der Waals surface area contributed by atoms with E-state index in [4.69, 9.17) is 5.73 Å². The van der Waals surface area contributed by atoms with Crippen molar-refractivity contribution in [3.05, 3.63) is 16.6 Å². The molecule has 15 heavy (non-hydrogen) atoms. The van der Waals surface area contributed by atoms with E-state index in [1.54, 1.807) is 11.3 Å². The molecule has 0 saturated heterocycles. The van der Waals surface area contributed by atoms with Crippen molar-refractivity contribution in [2.45, 2.75) is 45.1 Å². The van der Waals surface area contributed by atoms with Crippen LogP contribution in [0, 0.1) is 11.8 Å². The molecule has 0 radical (unpaired) electrons. The molecule has 1 unspecified atom stereocenters. The second-order valence-electron chi connectivity index (χ2n) is 4.62. The van der Waals surface area contributed by atoms with E-state index in [2.05, 4.69) is 11.9 Å². The number of rotatable bonds is 3. The molecule has 2 N–H and O–H groups in total. The fourth-order valence-electron chi connectivity index (χ4n) is 2.58. The van der Waals surface area contributed by atoms with Gasteiger partial charge in [0.2, 0.25) is 0 Å². The van der Waals surface area contributed by atoms with Gasteiger partial charge in [0.15, 0.2) is 0 Å². The van der Waals surface area contributed by atoms with Crippen molar-refractivity contribution in [1.29, 1.82) is 0 Å². The summed E-state index contributed by atoms with van der Waals surface area (Å²) >= 11 is 1.70. The standard InChI is InChI=1S/C12H20N2S/c1-2-9-3-5-10(6-4-9)12(13)11-7-14-8-15-11/h7-10,12H,2-6,13H2,1H3. The van der Waals surface area contributed by atoms with Gasteiger partial charge in [-0.15, -0.1) is 11.3 Å². The van der Waals surface area contributed by atoms with Gasteiger partial charge in [-0.2, -0.15) is 0 Å². The third-order valence-electron chi connectivity index (χ3n) is 3.76. The van der Waals surface area contributed by atoms with Crippen molar-refractivity contribution in [1.82, 2.24) is 4.98 Å². The van der Waals surface area contributed by atoms with Gasteiger partial charge >= 0.3 is 0 Å². The summed E-state index contributed by atoms with van der Waals surface area (Å²) in [6.45, 7) is 2.30. The predicted octanol–water partition coefficient (Wildman–Crippen LogP) is 3.36. The van der Waals surface area contributed by atoms with Crippen molar-refractivity contribution >= 4 is 11.3 Å². The van der Waals surface area contributed by atoms with E-state index in [1.807, 2.05) is 11.7 Å². The van der Waals surface area contributed by atoms with Gasteiger partial charge in [0, 0.05) is 17.1 Å². The number of hydrogen-bond acceptors (Lipinski definition) is 3. The topological polar surface area (TPSA) is 38.9 Å². The van der Waals surface area contributed by atoms with Crippen molar-refractivity contribution in [2.75, 3.05) is 0 Å². The molecule has 1 aliphatic carbocycles. The van der Waals surface area contributed by atoms with Crippen LogP contribution < -0.4 is 5.73 Å². The van der Waals surface area contributed by atoms with Crippen LogP contribution in [0.25, 0.3) is 0 Å². The third kappa shape index (κ3) is 2.58. The molecule has 1 aromatic heterocycles. The van der Waals surface area contributed by atoms with E-state index in [-0.39, 0.29) is 6.04 Å². The van der Waals surface area contributed by atoms with Crippen LogP contribution in [-0.4, -0.2) is 4.98 Å². The van der Waals surface area contributed by atoms with Gasteiger partial charge in [-0.05, 0) is 24.7 Å². The van der Waals surface area contributed by atoms with Crippen molar-refractivity contribution in [2.24, 2.45) is 17.6 Å². The van der Waals surface area contributed by atoms with E-state index in [0.717, 1.165) is 5.92 Å². The highest BCUT2D eigenvalue weighted by Gasteiger charge is 2.26. The maximum Gasteiger partial charge on any atom is 0.0794 e. The highest BCUT2D eigenvalue weighted by atomic mass is 32.1. The number of hydrogen-bond donors (Lipinski definition) is 1. The Kier molecular flexibility index (Phi) is 3.76. The Morgan fingerprint density at radius 3 is 2.73 bits per heavy atom. The summed E-state index contributed by atoms with van der Waals surface area (Å²) in [5, 5.41) is 0. The maximum absolute atomic E-state index is 6.27. The monoisotopic (exact) mass is 224 g/mol. The normalized spacial score (nSPS) is 28.9. The lowest BCUT2D eigenvalue weighted by molar-refractivity contribution is 0.241. The van der Waals surface area contributed by atoms with Gasteiger partial charge in [0.1, 0.15) is 0 Å². The molecule has 2 rings (SSSR count). The molecule has 1 heterocycles. The first-order valence-electron chi connectivity index (χ1n) is 5.95. The van der Waals surface area contributed by atoms with E-state index in [0.29, 0.717) is 5.92 Å². The van der Waals surface area contributed by atoms with Crippen molar-refractivity contribution in [3.8, 4) is 0 Å². The van der Waals surface area contributed by atoms with Crippen LogP contribution in [0.15, 0.2) is 11.7 Å². The van der Waals surface area contributed by atoms with Crippen LogP contribution in [0.4, 0.5) is 0 Å². The summed E-state index contributed by atoms with van der Waals surface area (Å²) in [5.74, 6) is 1.64. The number of nitrogens with two attached hydrogens (primary N) is 1. The van der Waals surface area contributed by atoms with Crippen LogP contribution in [0.1, 0.15) is 49.9 Å². The van der Waals surface area contributed by atoms with Crippen molar-refractivity contribution in [3.63, 3.8) is 0 Å². The quantitative estimate of drug-likeness (QED) is 0.855. The zero-order chi connectivity index (χ0) is 10.7. The van der Waals surface area contributed by atoms with E-state index in [9.17, 15) is 0 Å². The average Bonchev–Trinajstić information content (AvgIpc) is 2.82. The predicted molar refractivity (Wildman–Crippen MR) is 64.8 cm³/mol. The zero-order valence-electron chi connectivity index (χ0n) is 9.36. The van der Waals surface area contributed by atoms with Gasteiger partial charge in [-0.25, -0.2) is 0 Å².